The third-order valence-electron chi connectivity index (χ3n) is 11.4. The molecule has 0 N–H and O–H groups in total. The van der Waals surface area contributed by atoms with Crippen molar-refractivity contribution in [2.75, 3.05) is 13.2 Å². The fourth-order valence-corrected chi connectivity index (χ4v) is 7.31. The molecule has 6 heteroatoms. The highest BCUT2D eigenvalue weighted by Gasteiger charge is 2.19. The van der Waals surface area contributed by atoms with Gasteiger partial charge in [-0.05, 0) is 103 Å². The summed E-state index contributed by atoms with van der Waals surface area (Å²) < 4.78 is 16.8. The molecule has 0 radical (unpaired) electrons. The molecule has 0 saturated heterocycles. The third-order valence-corrected chi connectivity index (χ3v) is 11.4. The van der Waals surface area contributed by atoms with Crippen molar-refractivity contribution in [3.63, 3.8) is 0 Å². The zero-order valence-electron chi connectivity index (χ0n) is 42.5. The van der Waals surface area contributed by atoms with E-state index >= 15 is 0 Å². The largest absolute Gasteiger partial charge is 0.462 e. The summed E-state index contributed by atoms with van der Waals surface area (Å²) in [7, 11) is 0. The van der Waals surface area contributed by atoms with Gasteiger partial charge in [-0.1, -0.05) is 215 Å². The molecule has 0 aromatic carbocycles. The van der Waals surface area contributed by atoms with Crippen LogP contribution in [-0.2, 0) is 28.6 Å². The Morgan fingerprint density at radius 2 is 0.662 bits per heavy atom. The SMILES string of the molecule is CC/C=C\C/C=C\C/C=C\CCCC(=O)OCC(COC(=O)CCCCCCCCCCCC/C=C\C=C/CCCCC)OC(=O)CCCCCCCCC/C=C\C/C=C\CCCCC. The van der Waals surface area contributed by atoms with Crippen LogP contribution < -0.4 is 0 Å². The van der Waals surface area contributed by atoms with E-state index in [1.165, 1.54) is 128 Å². The first-order valence-corrected chi connectivity index (χ1v) is 27.1. The maximum atomic E-state index is 12.8. The minimum absolute atomic E-state index is 0.0975. The smallest absolute Gasteiger partial charge is 0.306 e. The van der Waals surface area contributed by atoms with E-state index in [1.54, 1.807) is 0 Å². The van der Waals surface area contributed by atoms with E-state index in [2.05, 4.69) is 106 Å². The molecule has 0 aliphatic carbocycles. The van der Waals surface area contributed by atoms with Crippen LogP contribution in [-0.4, -0.2) is 37.2 Å². The Hall–Kier alpha value is -3.41. The van der Waals surface area contributed by atoms with E-state index in [4.69, 9.17) is 14.2 Å². The first-order chi connectivity index (χ1) is 32.0. The van der Waals surface area contributed by atoms with Crippen LogP contribution in [0.25, 0.3) is 0 Å². The molecule has 1 unspecified atom stereocenters. The number of hydrogen-bond acceptors (Lipinski definition) is 6. The minimum atomic E-state index is -0.802. The molecule has 0 aliphatic heterocycles. The Kier molecular flexibility index (Phi) is 50.4. The lowest BCUT2D eigenvalue weighted by Crippen LogP contribution is -2.30. The van der Waals surface area contributed by atoms with Gasteiger partial charge in [-0.15, -0.1) is 0 Å². The van der Waals surface area contributed by atoms with Gasteiger partial charge in [0.2, 0.25) is 0 Å². The highest BCUT2D eigenvalue weighted by molar-refractivity contribution is 5.71. The predicted molar refractivity (Wildman–Crippen MR) is 279 cm³/mol. The third kappa shape index (κ3) is 51.4. The van der Waals surface area contributed by atoms with Gasteiger partial charge in [-0.2, -0.15) is 0 Å². The Bertz CT molecular complexity index is 1270. The first-order valence-electron chi connectivity index (χ1n) is 27.1. The first kappa shape index (κ1) is 61.6. The van der Waals surface area contributed by atoms with Crippen LogP contribution in [0.4, 0.5) is 0 Å². The summed E-state index contributed by atoms with van der Waals surface area (Å²) in [5.41, 5.74) is 0. The van der Waals surface area contributed by atoms with Gasteiger partial charge < -0.3 is 14.2 Å². The molecule has 0 saturated carbocycles. The van der Waals surface area contributed by atoms with Gasteiger partial charge in [-0.25, -0.2) is 0 Å². The molecule has 372 valence electrons. The van der Waals surface area contributed by atoms with Crippen LogP contribution in [0.1, 0.15) is 252 Å². The average Bonchev–Trinajstić information content (AvgIpc) is 3.30. The fraction of sp³-hybridized carbons (Fsp3) is 0.712. The van der Waals surface area contributed by atoms with E-state index in [-0.39, 0.29) is 37.5 Å². The molecule has 65 heavy (non-hydrogen) atoms. The van der Waals surface area contributed by atoms with Crippen LogP contribution in [0, 0.1) is 0 Å². The molecule has 0 bridgehead atoms. The van der Waals surface area contributed by atoms with Crippen LogP contribution >= 0.6 is 0 Å². The maximum Gasteiger partial charge on any atom is 0.306 e. The number of carbonyl (C=O) groups excluding carboxylic acids is 3. The van der Waals surface area contributed by atoms with Crippen molar-refractivity contribution < 1.29 is 28.6 Å². The Balaban J connectivity index is 4.39. The summed E-state index contributed by atoms with van der Waals surface area (Å²) in [6, 6.07) is 0. The number of rotatable bonds is 48. The predicted octanol–water partition coefficient (Wildman–Crippen LogP) is 18.0. The molecule has 6 nitrogen and oxygen atoms in total. The number of esters is 3. The summed E-state index contributed by atoms with van der Waals surface area (Å²) >= 11 is 0. The van der Waals surface area contributed by atoms with Gasteiger partial charge in [0.1, 0.15) is 13.2 Å². The van der Waals surface area contributed by atoms with E-state index in [0.717, 1.165) is 77.0 Å². The second-order valence-corrected chi connectivity index (χ2v) is 17.8. The van der Waals surface area contributed by atoms with Crippen LogP contribution in [0.5, 0.6) is 0 Å². The van der Waals surface area contributed by atoms with Crippen molar-refractivity contribution >= 4 is 17.9 Å². The monoisotopic (exact) mass is 905 g/mol. The number of allylic oxidation sites excluding steroid dienone is 14. The average molecular weight is 905 g/mol. The second-order valence-electron chi connectivity index (χ2n) is 17.8. The van der Waals surface area contributed by atoms with Gasteiger partial charge in [-0.3, -0.25) is 14.4 Å². The molecule has 1 atom stereocenters. The van der Waals surface area contributed by atoms with Crippen LogP contribution in [0.15, 0.2) is 85.1 Å². The molecule has 0 aromatic rings. The quantitative estimate of drug-likeness (QED) is 0.0199. The zero-order chi connectivity index (χ0) is 47.2. The van der Waals surface area contributed by atoms with Crippen molar-refractivity contribution in [2.24, 2.45) is 0 Å². The van der Waals surface area contributed by atoms with Gasteiger partial charge in [0, 0.05) is 19.3 Å². The van der Waals surface area contributed by atoms with Crippen LogP contribution in [0.2, 0.25) is 0 Å². The minimum Gasteiger partial charge on any atom is -0.462 e. The van der Waals surface area contributed by atoms with Crippen molar-refractivity contribution in [3.05, 3.63) is 85.1 Å². The van der Waals surface area contributed by atoms with Crippen molar-refractivity contribution in [3.8, 4) is 0 Å². The Morgan fingerprint density at radius 1 is 0.338 bits per heavy atom. The lowest BCUT2D eigenvalue weighted by molar-refractivity contribution is -0.167. The van der Waals surface area contributed by atoms with Gasteiger partial charge in [0.25, 0.3) is 0 Å². The molecular weight excluding hydrogens is 805 g/mol. The van der Waals surface area contributed by atoms with E-state index in [0.29, 0.717) is 19.3 Å². The molecular formula is C59H100O6. The normalized spacial score (nSPS) is 12.7. The van der Waals surface area contributed by atoms with Crippen molar-refractivity contribution in [1.82, 2.24) is 0 Å². The maximum absolute atomic E-state index is 12.8. The topological polar surface area (TPSA) is 78.9 Å². The highest BCUT2D eigenvalue weighted by Crippen LogP contribution is 2.15. The Morgan fingerprint density at radius 3 is 1.09 bits per heavy atom. The summed E-state index contributed by atoms with van der Waals surface area (Å²) in [6.45, 7) is 6.41. The lowest BCUT2D eigenvalue weighted by atomic mass is 10.1. The molecule has 0 fully saturated rings. The van der Waals surface area contributed by atoms with Crippen LogP contribution in [0.3, 0.4) is 0 Å². The van der Waals surface area contributed by atoms with Crippen molar-refractivity contribution in [1.29, 1.82) is 0 Å². The zero-order valence-corrected chi connectivity index (χ0v) is 42.5. The fourth-order valence-electron chi connectivity index (χ4n) is 7.31. The lowest BCUT2D eigenvalue weighted by Gasteiger charge is -2.18. The standard InChI is InChI=1S/C59H100O6/c1-4-7-10-13-16-19-22-24-26-28-29-31-32-34-37-40-43-46-49-52-58(61)64-55-56(54-63-57(60)51-48-45-42-39-36-21-18-15-12-9-6-3)65-59(62)53-50-47-44-41-38-35-33-30-27-25-23-20-17-14-11-8-5-2/h9,12,16-22,24-25,27,39,42,56H,4-8,10-11,13-15,23,26,28-38,40-41,43-55H2,1-3H3/b12-9-,19-16-,20-17-,21-18-,24-22-,27-25-,42-39-. The summed E-state index contributed by atoms with van der Waals surface area (Å²) in [5.74, 6) is -0.964. The molecule has 0 aromatic heterocycles. The highest BCUT2D eigenvalue weighted by atomic mass is 16.6. The number of carbonyl (C=O) groups is 3. The van der Waals surface area contributed by atoms with Gasteiger partial charge >= 0.3 is 17.9 Å². The number of unbranched alkanes of at least 4 members (excludes halogenated alkanes) is 24. The van der Waals surface area contributed by atoms with E-state index in [9.17, 15) is 14.4 Å². The van der Waals surface area contributed by atoms with E-state index in [1.807, 2.05) is 0 Å². The molecule has 0 spiro atoms. The molecule has 0 rings (SSSR count). The second kappa shape index (κ2) is 53.2. The Labute approximate surface area is 401 Å². The molecule has 0 heterocycles. The summed E-state index contributed by atoms with van der Waals surface area (Å²) in [4.78, 5) is 38.0. The summed E-state index contributed by atoms with van der Waals surface area (Å²) in [5, 5.41) is 0. The number of ether oxygens (including phenoxy) is 3. The molecule has 0 amide bonds. The van der Waals surface area contributed by atoms with Crippen molar-refractivity contribution in [2.45, 2.75) is 258 Å². The van der Waals surface area contributed by atoms with Gasteiger partial charge in [0.15, 0.2) is 6.10 Å². The molecule has 0 aliphatic rings. The number of hydrogen-bond donors (Lipinski definition) is 0. The van der Waals surface area contributed by atoms with E-state index < -0.39 is 6.10 Å². The summed E-state index contributed by atoms with van der Waals surface area (Å²) in [6.07, 6.45) is 68.6. The van der Waals surface area contributed by atoms with Gasteiger partial charge in [0.05, 0.1) is 0 Å².